The summed E-state index contributed by atoms with van der Waals surface area (Å²) >= 11 is 0. The van der Waals surface area contributed by atoms with E-state index in [1.54, 1.807) is 30.2 Å². The number of nitrogens with one attached hydrogen (secondary N) is 1. The van der Waals surface area contributed by atoms with E-state index in [4.69, 9.17) is 4.74 Å². The number of nitrogens with zero attached hydrogens (tertiary/aromatic N) is 2. The van der Waals surface area contributed by atoms with Crippen molar-refractivity contribution in [2.45, 2.75) is 25.2 Å². The highest BCUT2D eigenvalue weighted by atomic mass is 35.5. The first-order chi connectivity index (χ1) is 12.0. The first-order valence-electron chi connectivity index (χ1n) is 8.58. The Kier molecular flexibility index (Phi) is 8.99. The number of hydrogen-bond acceptors (Lipinski definition) is 5. The van der Waals surface area contributed by atoms with Gasteiger partial charge in [0, 0.05) is 39.0 Å². The van der Waals surface area contributed by atoms with Crippen molar-refractivity contribution in [3.05, 3.63) is 23.8 Å². The van der Waals surface area contributed by atoms with Crippen LogP contribution in [0, 0.1) is 0 Å². The molecule has 1 aliphatic rings. The second-order valence-electron chi connectivity index (χ2n) is 5.84. The molecule has 0 saturated carbocycles. The molecule has 2 rings (SSSR count). The third-order valence-electron chi connectivity index (χ3n) is 4.35. The minimum absolute atomic E-state index is 0. The zero-order chi connectivity index (χ0) is 18.4. The fourth-order valence-corrected chi connectivity index (χ4v) is 4.48. The molecule has 0 aliphatic carbocycles. The minimum atomic E-state index is -3.48. The predicted octanol–water partition coefficient (Wildman–Crippen LogP) is 1.26. The molecular formula is C17H28ClN3O4S. The van der Waals surface area contributed by atoms with E-state index in [0.717, 1.165) is 11.3 Å². The summed E-state index contributed by atoms with van der Waals surface area (Å²) in [5.74, 6) is -0.0193. The second kappa shape index (κ2) is 10.2. The SMILES string of the molecule is CCN(CC)S(=O)(=O)c1ccc2c(c1)CCN2C(=O)CNCCOC.Cl. The van der Waals surface area contributed by atoms with E-state index in [-0.39, 0.29) is 24.9 Å². The smallest absolute Gasteiger partial charge is 0.243 e. The van der Waals surface area contributed by atoms with Gasteiger partial charge in [-0.05, 0) is 30.2 Å². The second-order valence-corrected chi connectivity index (χ2v) is 7.78. The van der Waals surface area contributed by atoms with E-state index in [2.05, 4.69) is 5.32 Å². The Morgan fingerprint density at radius 1 is 1.31 bits per heavy atom. The molecule has 148 valence electrons. The summed E-state index contributed by atoms with van der Waals surface area (Å²) in [6.45, 7) is 6.51. The molecule has 0 aromatic heterocycles. The van der Waals surface area contributed by atoms with Gasteiger partial charge in [-0.3, -0.25) is 4.79 Å². The lowest BCUT2D eigenvalue weighted by Crippen LogP contribution is -2.38. The molecule has 0 unspecified atom stereocenters. The van der Waals surface area contributed by atoms with Crippen molar-refractivity contribution in [2.75, 3.05) is 51.3 Å². The molecule has 0 fully saturated rings. The van der Waals surface area contributed by atoms with Gasteiger partial charge in [0.15, 0.2) is 0 Å². The van der Waals surface area contributed by atoms with Crippen LogP contribution in [0.2, 0.25) is 0 Å². The largest absolute Gasteiger partial charge is 0.383 e. The number of carbonyl (C=O) groups is 1. The molecule has 0 spiro atoms. The summed E-state index contributed by atoms with van der Waals surface area (Å²) in [7, 11) is -1.86. The first kappa shape index (κ1) is 22.9. The van der Waals surface area contributed by atoms with Gasteiger partial charge in [-0.15, -0.1) is 12.4 Å². The van der Waals surface area contributed by atoms with E-state index < -0.39 is 10.0 Å². The third kappa shape index (κ3) is 4.95. The van der Waals surface area contributed by atoms with Crippen LogP contribution < -0.4 is 10.2 Å². The van der Waals surface area contributed by atoms with Gasteiger partial charge < -0.3 is 15.0 Å². The summed E-state index contributed by atoms with van der Waals surface area (Å²) < 4.78 is 31.6. The Bertz CT molecular complexity index is 708. The van der Waals surface area contributed by atoms with Crippen LogP contribution >= 0.6 is 12.4 Å². The van der Waals surface area contributed by atoms with Gasteiger partial charge in [-0.1, -0.05) is 13.8 Å². The lowest BCUT2D eigenvalue weighted by atomic mass is 10.2. The fourth-order valence-electron chi connectivity index (χ4n) is 2.98. The Labute approximate surface area is 162 Å². The van der Waals surface area contributed by atoms with Crippen LogP contribution in [0.1, 0.15) is 19.4 Å². The molecule has 9 heteroatoms. The number of carbonyl (C=O) groups excluding carboxylic acids is 1. The van der Waals surface area contributed by atoms with Crippen molar-refractivity contribution in [3.63, 3.8) is 0 Å². The summed E-state index contributed by atoms with van der Waals surface area (Å²) in [5, 5.41) is 3.04. The van der Waals surface area contributed by atoms with Gasteiger partial charge in [-0.25, -0.2) is 8.42 Å². The lowest BCUT2D eigenvalue weighted by Gasteiger charge is -2.20. The van der Waals surface area contributed by atoms with Gasteiger partial charge in [0.2, 0.25) is 15.9 Å². The molecule has 1 aromatic carbocycles. The number of sulfonamides is 1. The number of halogens is 1. The van der Waals surface area contributed by atoms with Gasteiger partial charge in [0.1, 0.15) is 0 Å². The van der Waals surface area contributed by atoms with Crippen LogP contribution in [-0.4, -0.2) is 65.1 Å². The summed E-state index contributed by atoms with van der Waals surface area (Å²) in [5.41, 5.74) is 1.70. The van der Waals surface area contributed by atoms with E-state index in [1.165, 1.54) is 4.31 Å². The molecule has 0 atom stereocenters. The van der Waals surface area contributed by atoms with Crippen molar-refractivity contribution < 1.29 is 17.9 Å². The molecular weight excluding hydrogens is 378 g/mol. The molecule has 1 N–H and O–H groups in total. The lowest BCUT2D eigenvalue weighted by molar-refractivity contribution is -0.117. The summed E-state index contributed by atoms with van der Waals surface area (Å²) in [4.78, 5) is 14.4. The predicted molar refractivity (Wildman–Crippen MR) is 105 cm³/mol. The van der Waals surface area contributed by atoms with Crippen LogP contribution in [0.5, 0.6) is 0 Å². The summed E-state index contributed by atoms with van der Waals surface area (Å²) in [6, 6.07) is 5.04. The highest BCUT2D eigenvalue weighted by Crippen LogP contribution is 2.31. The Balaban J connectivity index is 0.00000338. The molecule has 0 bridgehead atoms. The zero-order valence-electron chi connectivity index (χ0n) is 15.5. The van der Waals surface area contributed by atoms with Gasteiger partial charge in [-0.2, -0.15) is 4.31 Å². The average molecular weight is 406 g/mol. The van der Waals surface area contributed by atoms with Gasteiger partial charge >= 0.3 is 0 Å². The molecule has 0 saturated heterocycles. The number of amides is 1. The first-order valence-corrected chi connectivity index (χ1v) is 10.0. The quantitative estimate of drug-likeness (QED) is 0.626. The highest BCUT2D eigenvalue weighted by molar-refractivity contribution is 7.89. The maximum absolute atomic E-state index is 12.6. The van der Waals surface area contributed by atoms with E-state index in [9.17, 15) is 13.2 Å². The highest BCUT2D eigenvalue weighted by Gasteiger charge is 2.28. The number of fused-ring (bicyclic) bond motifs is 1. The third-order valence-corrected chi connectivity index (χ3v) is 6.40. The number of benzene rings is 1. The molecule has 26 heavy (non-hydrogen) atoms. The van der Waals surface area contributed by atoms with Crippen molar-refractivity contribution in [1.82, 2.24) is 9.62 Å². The molecule has 1 heterocycles. The standard InChI is InChI=1S/C17H27N3O4S.ClH/c1-4-19(5-2)25(22,23)15-6-7-16-14(12-15)8-10-20(16)17(21)13-18-9-11-24-3;/h6-7,12,18H,4-5,8-11,13H2,1-3H3;1H. The number of hydrogen-bond donors (Lipinski definition) is 1. The Hall–Kier alpha value is -1.19. The average Bonchev–Trinajstić information content (AvgIpc) is 3.02. The van der Waals surface area contributed by atoms with Crippen LogP contribution in [-0.2, 0) is 26.0 Å². The fraction of sp³-hybridized carbons (Fsp3) is 0.588. The Morgan fingerprint density at radius 3 is 2.62 bits per heavy atom. The van der Waals surface area contributed by atoms with Crippen molar-refractivity contribution in [2.24, 2.45) is 0 Å². The van der Waals surface area contributed by atoms with Gasteiger partial charge in [0.25, 0.3) is 0 Å². The molecule has 0 radical (unpaired) electrons. The van der Waals surface area contributed by atoms with E-state index >= 15 is 0 Å². The Morgan fingerprint density at radius 2 is 2.00 bits per heavy atom. The monoisotopic (exact) mass is 405 g/mol. The zero-order valence-corrected chi connectivity index (χ0v) is 17.2. The maximum Gasteiger partial charge on any atom is 0.243 e. The molecule has 1 aromatic rings. The number of methoxy groups -OCH3 is 1. The minimum Gasteiger partial charge on any atom is -0.383 e. The maximum atomic E-state index is 12.6. The molecule has 7 nitrogen and oxygen atoms in total. The van der Waals surface area contributed by atoms with Crippen molar-refractivity contribution in [1.29, 1.82) is 0 Å². The topological polar surface area (TPSA) is 79.0 Å². The van der Waals surface area contributed by atoms with Crippen molar-refractivity contribution >= 4 is 34.0 Å². The van der Waals surface area contributed by atoms with Crippen molar-refractivity contribution in [3.8, 4) is 0 Å². The summed E-state index contributed by atoms with van der Waals surface area (Å²) in [6.07, 6.45) is 0.667. The molecule has 1 aliphatic heterocycles. The van der Waals surface area contributed by atoms with Crippen LogP contribution in [0.15, 0.2) is 23.1 Å². The normalized spacial score (nSPS) is 13.6. The van der Waals surface area contributed by atoms with E-state index in [1.807, 2.05) is 13.8 Å². The number of anilines is 1. The van der Waals surface area contributed by atoms with Crippen LogP contribution in [0.3, 0.4) is 0 Å². The molecule has 1 amide bonds. The van der Waals surface area contributed by atoms with Gasteiger partial charge in [0.05, 0.1) is 18.0 Å². The van der Waals surface area contributed by atoms with Crippen LogP contribution in [0.25, 0.3) is 0 Å². The number of rotatable bonds is 9. The number of ether oxygens (including phenoxy) is 1. The van der Waals surface area contributed by atoms with Crippen LogP contribution in [0.4, 0.5) is 5.69 Å². The van der Waals surface area contributed by atoms with E-state index in [0.29, 0.717) is 44.1 Å².